The SMILES string of the molecule is Clc1cccc(N/N=C/Cc2nnnn2-c2ccccc2)c1. The second-order valence-corrected chi connectivity index (χ2v) is 4.92. The van der Waals surface area contributed by atoms with E-state index in [1.807, 2.05) is 48.5 Å². The van der Waals surface area contributed by atoms with Crippen molar-refractivity contribution in [3.05, 3.63) is 65.4 Å². The molecule has 0 spiro atoms. The molecule has 0 aliphatic heterocycles. The Morgan fingerprint density at radius 1 is 1.14 bits per heavy atom. The Hall–Kier alpha value is -2.73. The fraction of sp³-hybridized carbons (Fsp3) is 0.0667. The van der Waals surface area contributed by atoms with Gasteiger partial charge in [0.2, 0.25) is 0 Å². The van der Waals surface area contributed by atoms with Gasteiger partial charge in [-0.1, -0.05) is 35.9 Å². The van der Waals surface area contributed by atoms with Gasteiger partial charge >= 0.3 is 0 Å². The summed E-state index contributed by atoms with van der Waals surface area (Å²) in [6, 6.07) is 17.1. The number of para-hydroxylation sites is 1. The normalized spacial score (nSPS) is 11.0. The lowest BCUT2D eigenvalue weighted by Gasteiger charge is -2.02. The number of hydrogen-bond acceptors (Lipinski definition) is 5. The molecule has 0 saturated carbocycles. The maximum atomic E-state index is 5.91. The molecule has 3 rings (SSSR count). The van der Waals surface area contributed by atoms with Crippen LogP contribution in [-0.2, 0) is 6.42 Å². The van der Waals surface area contributed by atoms with Crippen molar-refractivity contribution in [3.63, 3.8) is 0 Å². The monoisotopic (exact) mass is 312 g/mol. The van der Waals surface area contributed by atoms with Gasteiger partial charge in [0.15, 0.2) is 5.82 Å². The molecule has 0 fully saturated rings. The van der Waals surface area contributed by atoms with Gasteiger partial charge in [-0.2, -0.15) is 9.78 Å². The minimum atomic E-state index is 0.509. The standard InChI is InChI=1S/C15H13ClN6/c16-12-5-4-6-13(11-12)18-17-10-9-15-19-20-21-22(15)14-7-2-1-3-8-14/h1-8,10-11,18H,9H2/b17-10+. The van der Waals surface area contributed by atoms with Crippen LogP contribution in [0.2, 0.25) is 5.02 Å². The van der Waals surface area contributed by atoms with Crippen molar-refractivity contribution in [2.45, 2.75) is 6.42 Å². The molecule has 0 amide bonds. The molecule has 0 unspecified atom stereocenters. The molecule has 2 aromatic carbocycles. The molecule has 0 atom stereocenters. The molecule has 0 aliphatic carbocycles. The van der Waals surface area contributed by atoms with Gasteiger partial charge in [0.05, 0.1) is 11.4 Å². The molecule has 0 aliphatic rings. The summed E-state index contributed by atoms with van der Waals surface area (Å²) in [6.45, 7) is 0. The van der Waals surface area contributed by atoms with Gasteiger partial charge in [0, 0.05) is 17.7 Å². The summed E-state index contributed by atoms with van der Waals surface area (Å²) < 4.78 is 1.69. The number of benzene rings is 2. The van der Waals surface area contributed by atoms with Crippen molar-refractivity contribution in [1.29, 1.82) is 0 Å². The Balaban J connectivity index is 1.65. The molecule has 110 valence electrons. The molecule has 3 aromatic rings. The lowest BCUT2D eigenvalue weighted by Crippen LogP contribution is -2.04. The average molecular weight is 313 g/mol. The fourth-order valence-electron chi connectivity index (χ4n) is 1.91. The Kier molecular flexibility index (Phi) is 4.41. The third-order valence-electron chi connectivity index (χ3n) is 2.92. The zero-order valence-corrected chi connectivity index (χ0v) is 12.4. The van der Waals surface area contributed by atoms with Crippen molar-refractivity contribution in [1.82, 2.24) is 20.2 Å². The number of anilines is 1. The summed E-state index contributed by atoms with van der Waals surface area (Å²) in [5.41, 5.74) is 4.66. The van der Waals surface area contributed by atoms with Crippen LogP contribution in [0.3, 0.4) is 0 Å². The van der Waals surface area contributed by atoms with Crippen LogP contribution < -0.4 is 5.43 Å². The number of hydrogen-bond donors (Lipinski definition) is 1. The molecule has 6 nitrogen and oxygen atoms in total. The number of rotatable bonds is 5. The predicted molar refractivity (Wildman–Crippen MR) is 86.4 cm³/mol. The van der Waals surface area contributed by atoms with E-state index in [1.54, 1.807) is 17.0 Å². The fourth-order valence-corrected chi connectivity index (χ4v) is 2.10. The lowest BCUT2D eigenvalue weighted by molar-refractivity contribution is 0.776. The van der Waals surface area contributed by atoms with Crippen molar-refractivity contribution in [3.8, 4) is 5.69 Å². The zero-order valence-electron chi connectivity index (χ0n) is 11.6. The summed E-state index contributed by atoms with van der Waals surface area (Å²) in [5, 5.41) is 16.5. The highest BCUT2D eigenvalue weighted by Gasteiger charge is 2.05. The summed E-state index contributed by atoms with van der Waals surface area (Å²) >= 11 is 5.91. The molecule has 1 heterocycles. The van der Waals surface area contributed by atoms with Gasteiger partial charge < -0.3 is 0 Å². The summed E-state index contributed by atoms with van der Waals surface area (Å²) in [7, 11) is 0. The molecule has 1 aromatic heterocycles. The van der Waals surface area contributed by atoms with E-state index in [0.717, 1.165) is 11.4 Å². The average Bonchev–Trinajstić information content (AvgIpc) is 3.01. The van der Waals surface area contributed by atoms with Crippen molar-refractivity contribution >= 4 is 23.5 Å². The second kappa shape index (κ2) is 6.82. The largest absolute Gasteiger partial charge is 0.279 e. The predicted octanol–water partition coefficient (Wildman–Crippen LogP) is 2.96. The van der Waals surface area contributed by atoms with Gasteiger partial charge in [-0.25, -0.2) is 0 Å². The summed E-state index contributed by atoms with van der Waals surface area (Å²) in [5.74, 6) is 0.711. The molecule has 0 saturated heterocycles. The Morgan fingerprint density at radius 3 is 2.82 bits per heavy atom. The van der Waals surface area contributed by atoms with Crippen LogP contribution in [0.5, 0.6) is 0 Å². The Labute approximate surface area is 132 Å². The van der Waals surface area contributed by atoms with Gasteiger partial charge in [-0.05, 0) is 40.8 Å². The van der Waals surface area contributed by atoms with Crippen LogP contribution in [0.15, 0.2) is 59.7 Å². The van der Waals surface area contributed by atoms with Crippen LogP contribution in [0.25, 0.3) is 5.69 Å². The number of aromatic nitrogens is 4. The van der Waals surface area contributed by atoms with E-state index in [2.05, 4.69) is 26.1 Å². The van der Waals surface area contributed by atoms with E-state index in [9.17, 15) is 0 Å². The first kappa shape index (κ1) is 14.2. The minimum absolute atomic E-state index is 0.509. The maximum absolute atomic E-state index is 5.91. The third-order valence-corrected chi connectivity index (χ3v) is 3.15. The second-order valence-electron chi connectivity index (χ2n) is 4.48. The number of hydrazone groups is 1. The van der Waals surface area contributed by atoms with Crippen LogP contribution in [0.4, 0.5) is 5.69 Å². The van der Waals surface area contributed by atoms with Crippen molar-refractivity contribution < 1.29 is 0 Å². The van der Waals surface area contributed by atoms with E-state index in [4.69, 9.17) is 11.6 Å². The van der Waals surface area contributed by atoms with Crippen LogP contribution >= 0.6 is 11.6 Å². The topological polar surface area (TPSA) is 68.0 Å². The van der Waals surface area contributed by atoms with E-state index in [1.165, 1.54) is 0 Å². The molecule has 7 heteroatoms. The van der Waals surface area contributed by atoms with Crippen molar-refractivity contribution in [2.24, 2.45) is 5.10 Å². The quantitative estimate of drug-likeness (QED) is 0.581. The Morgan fingerprint density at radius 2 is 2.00 bits per heavy atom. The summed E-state index contributed by atoms with van der Waals surface area (Å²) in [4.78, 5) is 0. The highest BCUT2D eigenvalue weighted by atomic mass is 35.5. The molecular weight excluding hydrogens is 300 g/mol. The van der Waals surface area contributed by atoms with E-state index >= 15 is 0 Å². The van der Waals surface area contributed by atoms with Crippen LogP contribution in [0, 0.1) is 0 Å². The van der Waals surface area contributed by atoms with Gasteiger partial charge in [-0.15, -0.1) is 5.10 Å². The highest BCUT2D eigenvalue weighted by Crippen LogP contribution is 2.14. The number of nitrogens with one attached hydrogen (secondary N) is 1. The molecule has 0 bridgehead atoms. The number of halogens is 1. The first-order valence-electron chi connectivity index (χ1n) is 6.69. The lowest BCUT2D eigenvalue weighted by atomic mass is 10.3. The molecule has 0 radical (unpaired) electrons. The van der Waals surface area contributed by atoms with E-state index in [-0.39, 0.29) is 0 Å². The van der Waals surface area contributed by atoms with Crippen molar-refractivity contribution in [2.75, 3.05) is 5.43 Å². The smallest absolute Gasteiger partial charge is 0.162 e. The first-order chi connectivity index (χ1) is 10.8. The van der Waals surface area contributed by atoms with Gasteiger partial charge in [0.1, 0.15) is 0 Å². The third kappa shape index (κ3) is 3.48. The minimum Gasteiger partial charge on any atom is -0.279 e. The molecule has 22 heavy (non-hydrogen) atoms. The highest BCUT2D eigenvalue weighted by molar-refractivity contribution is 6.30. The maximum Gasteiger partial charge on any atom is 0.162 e. The van der Waals surface area contributed by atoms with Crippen LogP contribution in [0.1, 0.15) is 5.82 Å². The number of nitrogens with zero attached hydrogens (tertiary/aromatic N) is 5. The van der Waals surface area contributed by atoms with Gasteiger partial charge in [0.25, 0.3) is 0 Å². The number of tetrazole rings is 1. The first-order valence-corrected chi connectivity index (χ1v) is 7.06. The molecule has 1 N–H and O–H groups in total. The summed E-state index contributed by atoms with van der Waals surface area (Å²) in [6.07, 6.45) is 2.22. The Bertz CT molecular complexity index is 768. The van der Waals surface area contributed by atoms with E-state index in [0.29, 0.717) is 17.3 Å². The van der Waals surface area contributed by atoms with Crippen LogP contribution in [-0.4, -0.2) is 26.4 Å². The molecular formula is C15H13ClN6. The van der Waals surface area contributed by atoms with E-state index < -0.39 is 0 Å². The van der Waals surface area contributed by atoms with Gasteiger partial charge in [-0.3, -0.25) is 5.43 Å². The zero-order chi connectivity index (χ0) is 15.2.